The van der Waals surface area contributed by atoms with E-state index in [-0.39, 0.29) is 24.2 Å². The first-order valence-corrected chi connectivity index (χ1v) is 8.97. The van der Waals surface area contributed by atoms with Crippen LogP contribution in [-0.4, -0.2) is 37.3 Å². The summed E-state index contributed by atoms with van der Waals surface area (Å²) in [5.41, 5.74) is -0.187. The number of rotatable bonds is 9. The summed E-state index contributed by atoms with van der Waals surface area (Å²) in [4.78, 5) is 24.9. The summed E-state index contributed by atoms with van der Waals surface area (Å²) in [6.45, 7) is 11.6. The molecule has 0 heterocycles. The van der Waals surface area contributed by atoms with Gasteiger partial charge in [-0.2, -0.15) is 0 Å². The molecule has 0 aliphatic rings. The molecule has 1 amide bonds. The van der Waals surface area contributed by atoms with E-state index in [1.807, 2.05) is 27.7 Å². The fraction of sp³-hybridized carbons (Fsp3) is 0.600. The lowest BCUT2D eigenvalue weighted by molar-refractivity contribution is -0.137. The van der Waals surface area contributed by atoms with E-state index >= 15 is 0 Å². The standard InChI is InChI=1S/C20H31NO5/c1-8-25-18(22)16-11-15(9-10-17(16)26-14(4)5)21-19(23)20(6,24-7)12-13(2)3/h9-11,13-14H,8,12H2,1-7H3,(H,21,23)/t20-/m1/s1. The summed E-state index contributed by atoms with van der Waals surface area (Å²) in [7, 11) is 1.52. The maximum absolute atomic E-state index is 12.7. The van der Waals surface area contributed by atoms with Crippen molar-refractivity contribution in [2.45, 2.75) is 59.7 Å². The van der Waals surface area contributed by atoms with E-state index < -0.39 is 11.6 Å². The Morgan fingerprint density at radius 3 is 2.35 bits per heavy atom. The Labute approximate surface area is 156 Å². The number of nitrogens with one attached hydrogen (secondary N) is 1. The molecule has 0 aliphatic heterocycles. The first-order chi connectivity index (χ1) is 12.1. The molecule has 6 nitrogen and oxygen atoms in total. The van der Waals surface area contributed by atoms with E-state index in [9.17, 15) is 9.59 Å². The van der Waals surface area contributed by atoms with E-state index in [1.165, 1.54) is 7.11 Å². The zero-order chi connectivity index (χ0) is 19.9. The number of anilines is 1. The first-order valence-electron chi connectivity index (χ1n) is 8.97. The predicted octanol–water partition coefficient (Wildman–Crippen LogP) is 4.04. The van der Waals surface area contributed by atoms with E-state index in [0.29, 0.717) is 23.8 Å². The number of esters is 1. The number of hydrogen-bond donors (Lipinski definition) is 1. The number of methoxy groups -OCH3 is 1. The number of ether oxygens (including phenoxy) is 3. The molecule has 0 fully saturated rings. The average molecular weight is 365 g/mol. The highest BCUT2D eigenvalue weighted by Gasteiger charge is 2.34. The summed E-state index contributed by atoms with van der Waals surface area (Å²) in [5.74, 6) is -0.0345. The van der Waals surface area contributed by atoms with Gasteiger partial charge < -0.3 is 19.5 Å². The molecule has 0 saturated carbocycles. The molecule has 0 radical (unpaired) electrons. The van der Waals surface area contributed by atoms with Crippen molar-refractivity contribution >= 4 is 17.6 Å². The molecule has 0 aliphatic carbocycles. The third-order valence-electron chi connectivity index (χ3n) is 3.82. The monoisotopic (exact) mass is 365 g/mol. The predicted molar refractivity (Wildman–Crippen MR) is 102 cm³/mol. The molecule has 146 valence electrons. The van der Waals surface area contributed by atoms with E-state index in [1.54, 1.807) is 32.0 Å². The number of amides is 1. The Kier molecular flexibility index (Phi) is 8.08. The Morgan fingerprint density at radius 2 is 1.85 bits per heavy atom. The molecule has 1 rings (SSSR count). The van der Waals surface area contributed by atoms with Crippen molar-refractivity contribution in [2.75, 3.05) is 19.0 Å². The maximum Gasteiger partial charge on any atom is 0.341 e. The van der Waals surface area contributed by atoms with Crippen molar-refractivity contribution < 1.29 is 23.8 Å². The lowest BCUT2D eigenvalue weighted by atomic mass is 9.93. The van der Waals surface area contributed by atoms with Gasteiger partial charge >= 0.3 is 5.97 Å². The number of carbonyl (C=O) groups excluding carboxylic acids is 2. The van der Waals surface area contributed by atoms with E-state index in [2.05, 4.69) is 5.32 Å². The zero-order valence-corrected chi connectivity index (χ0v) is 16.8. The van der Waals surface area contributed by atoms with Crippen LogP contribution in [0.25, 0.3) is 0 Å². The fourth-order valence-electron chi connectivity index (χ4n) is 2.64. The van der Waals surface area contributed by atoms with Crippen LogP contribution >= 0.6 is 0 Å². The number of benzene rings is 1. The molecule has 0 bridgehead atoms. The Morgan fingerprint density at radius 1 is 1.19 bits per heavy atom. The summed E-state index contributed by atoms with van der Waals surface area (Å²) in [6, 6.07) is 4.93. The normalized spacial score (nSPS) is 13.4. The van der Waals surface area contributed by atoms with Crippen molar-refractivity contribution in [1.29, 1.82) is 0 Å². The van der Waals surface area contributed by atoms with Crippen LogP contribution in [-0.2, 0) is 14.3 Å². The highest BCUT2D eigenvalue weighted by molar-refractivity contribution is 5.99. The summed E-state index contributed by atoms with van der Waals surface area (Å²) < 4.78 is 16.2. The minimum atomic E-state index is -0.953. The second-order valence-corrected chi connectivity index (χ2v) is 7.09. The van der Waals surface area contributed by atoms with E-state index in [4.69, 9.17) is 14.2 Å². The highest BCUT2D eigenvalue weighted by atomic mass is 16.5. The molecule has 0 unspecified atom stereocenters. The topological polar surface area (TPSA) is 73.9 Å². The van der Waals surface area contributed by atoms with Gasteiger partial charge in [-0.1, -0.05) is 13.8 Å². The molecule has 1 aromatic carbocycles. The molecular weight excluding hydrogens is 334 g/mol. The van der Waals surface area contributed by atoms with Crippen molar-refractivity contribution in [3.8, 4) is 5.75 Å². The van der Waals surface area contributed by atoms with Crippen LogP contribution in [0, 0.1) is 5.92 Å². The van der Waals surface area contributed by atoms with Gasteiger partial charge in [-0.05, 0) is 58.2 Å². The minimum absolute atomic E-state index is 0.0913. The maximum atomic E-state index is 12.7. The third kappa shape index (κ3) is 6.02. The van der Waals surface area contributed by atoms with Crippen LogP contribution in [0.3, 0.4) is 0 Å². The van der Waals surface area contributed by atoms with Gasteiger partial charge in [-0.25, -0.2) is 4.79 Å². The van der Waals surface area contributed by atoms with Crippen LogP contribution in [0.15, 0.2) is 18.2 Å². The number of carbonyl (C=O) groups is 2. The summed E-state index contributed by atoms with van der Waals surface area (Å²) >= 11 is 0. The molecular formula is C20H31NO5. The number of hydrogen-bond acceptors (Lipinski definition) is 5. The van der Waals surface area contributed by atoms with Crippen LogP contribution < -0.4 is 10.1 Å². The van der Waals surface area contributed by atoms with Crippen molar-refractivity contribution in [2.24, 2.45) is 5.92 Å². The van der Waals surface area contributed by atoms with E-state index in [0.717, 1.165) is 0 Å². The molecule has 0 aromatic heterocycles. The van der Waals surface area contributed by atoms with Gasteiger partial charge in [0, 0.05) is 12.8 Å². The van der Waals surface area contributed by atoms with Crippen molar-refractivity contribution in [1.82, 2.24) is 0 Å². The molecule has 0 spiro atoms. The second kappa shape index (κ2) is 9.57. The van der Waals surface area contributed by atoms with Crippen LogP contribution in [0.5, 0.6) is 5.75 Å². The SMILES string of the molecule is CCOC(=O)c1cc(NC(=O)[C@@](C)(CC(C)C)OC)ccc1OC(C)C. The largest absolute Gasteiger partial charge is 0.490 e. The van der Waals surface area contributed by atoms with Gasteiger partial charge in [0.2, 0.25) is 0 Å². The van der Waals surface area contributed by atoms with Crippen LogP contribution in [0.1, 0.15) is 58.3 Å². The molecule has 6 heteroatoms. The van der Waals surface area contributed by atoms with Gasteiger partial charge in [0.05, 0.1) is 12.7 Å². The van der Waals surface area contributed by atoms with Crippen LogP contribution in [0.2, 0.25) is 0 Å². The van der Waals surface area contributed by atoms with Gasteiger partial charge in [-0.15, -0.1) is 0 Å². The van der Waals surface area contributed by atoms with Crippen molar-refractivity contribution in [3.05, 3.63) is 23.8 Å². The van der Waals surface area contributed by atoms with Crippen LogP contribution in [0.4, 0.5) is 5.69 Å². The fourth-order valence-corrected chi connectivity index (χ4v) is 2.64. The highest BCUT2D eigenvalue weighted by Crippen LogP contribution is 2.27. The Bertz CT molecular complexity index is 627. The summed E-state index contributed by atoms with van der Waals surface area (Å²) in [6.07, 6.45) is 0.487. The molecule has 26 heavy (non-hydrogen) atoms. The molecule has 0 saturated heterocycles. The molecule has 1 aromatic rings. The molecule has 1 atom stereocenters. The smallest absolute Gasteiger partial charge is 0.341 e. The first kappa shape index (κ1) is 22.0. The quantitative estimate of drug-likeness (QED) is 0.669. The molecule has 1 N–H and O–H groups in total. The van der Waals surface area contributed by atoms with Gasteiger partial charge in [-0.3, -0.25) is 4.79 Å². The zero-order valence-electron chi connectivity index (χ0n) is 16.8. The third-order valence-corrected chi connectivity index (χ3v) is 3.82. The summed E-state index contributed by atoms with van der Waals surface area (Å²) in [5, 5.41) is 2.83. The second-order valence-electron chi connectivity index (χ2n) is 7.09. The van der Waals surface area contributed by atoms with Gasteiger partial charge in [0.1, 0.15) is 16.9 Å². The van der Waals surface area contributed by atoms with Gasteiger partial charge in [0.25, 0.3) is 5.91 Å². The lowest BCUT2D eigenvalue weighted by Crippen LogP contribution is -2.43. The Balaban J connectivity index is 3.11. The minimum Gasteiger partial charge on any atom is -0.490 e. The van der Waals surface area contributed by atoms with Crippen molar-refractivity contribution in [3.63, 3.8) is 0 Å². The average Bonchev–Trinajstić information content (AvgIpc) is 2.55. The van der Waals surface area contributed by atoms with Gasteiger partial charge in [0.15, 0.2) is 0 Å². The Hall–Kier alpha value is -2.08. The lowest BCUT2D eigenvalue weighted by Gasteiger charge is -2.28.